The molecular formula is C25H23F4N5O4S. The minimum Gasteiger partial charge on any atom is -0.505 e. The van der Waals surface area contributed by atoms with Gasteiger partial charge < -0.3 is 10.4 Å². The van der Waals surface area contributed by atoms with Gasteiger partial charge in [0.05, 0.1) is 28.8 Å². The van der Waals surface area contributed by atoms with Crippen molar-refractivity contribution in [2.24, 2.45) is 5.14 Å². The lowest BCUT2D eigenvalue weighted by Crippen LogP contribution is -2.16. The Hall–Kier alpha value is -4.04. The lowest BCUT2D eigenvalue weighted by Gasteiger charge is -2.15. The number of sulfonamides is 1. The number of halogens is 4. The average molecular weight is 566 g/mol. The average Bonchev–Trinajstić information content (AvgIpc) is 3.27. The lowest BCUT2D eigenvalue weighted by atomic mass is 9.99. The van der Waals surface area contributed by atoms with Gasteiger partial charge in [0.15, 0.2) is 17.3 Å². The van der Waals surface area contributed by atoms with Crippen molar-refractivity contribution in [3.05, 3.63) is 70.7 Å². The minimum absolute atomic E-state index is 0.00152. The van der Waals surface area contributed by atoms with Crippen LogP contribution in [0, 0.1) is 5.82 Å². The molecule has 0 saturated carbocycles. The zero-order valence-electron chi connectivity index (χ0n) is 20.4. The van der Waals surface area contributed by atoms with Crippen molar-refractivity contribution < 1.29 is 35.9 Å². The van der Waals surface area contributed by atoms with Crippen molar-refractivity contribution in [2.75, 3.05) is 5.32 Å². The van der Waals surface area contributed by atoms with Crippen molar-refractivity contribution in [3.63, 3.8) is 0 Å². The molecule has 4 aromatic rings. The first-order chi connectivity index (χ1) is 18.3. The minimum atomic E-state index is -4.66. The van der Waals surface area contributed by atoms with Gasteiger partial charge in [0, 0.05) is 18.5 Å². The molecule has 14 heteroatoms. The molecule has 0 bridgehead atoms. The Labute approximate surface area is 220 Å². The molecular weight excluding hydrogens is 542 g/mol. The number of carbonyl (C=O) groups is 1. The molecule has 5 N–H and O–H groups in total. The lowest BCUT2D eigenvalue weighted by molar-refractivity contribution is -0.127. The van der Waals surface area contributed by atoms with Crippen LogP contribution in [-0.4, -0.2) is 40.7 Å². The molecule has 4 rings (SSSR count). The van der Waals surface area contributed by atoms with E-state index < -0.39 is 45.5 Å². The number of fused-ring (bicyclic) bond motifs is 1. The van der Waals surface area contributed by atoms with Crippen LogP contribution in [0.15, 0.2) is 42.5 Å². The van der Waals surface area contributed by atoms with Gasteiger partial charge in [-0.15, -0.1) is 0 Å². The van der Waals surface area contributed by atoms with E-state index in [9.17, 15) is 35.9 Å². The highest BCUT2D eigenvalue weighted by molar-refractivity contribution is 7.88. The van der Waals surface area contributed by atoms with E-state index in [1.54, 1.807) is 31.2 Å². The van der Waals surface area contributed by atoms with E-state index >= 15 is 0 Å². The van der Waals surface area contributed by atoms with Gasteiger partial charge >= 0.3 is 6.18 Å². The third-order valence-electron chi connectivity index (χ3n) is 5.89. The highest BCUT2D eigenvalue weighted by Gasteiger charge is 2.30. The van der Waals surface area contributed by atoms with Crippen LogP contribution >= 0.6 is 0 Å². The summed E-state index contributed by atoms with van der Waals surface area (Å²) in [6, 6.07) is 9.32. The van der Waals surface area contributed by atoms with Crippen LogP contribution in [0.3, 0.4) is 0 Å². The second kappa shape index (κ2) is 10.6. The molecule has 0 amide bonds. The maximum Gasteiger partial charge on any atom is 0.393 e. The highest BCUT2D eigenvalue weighted by atomic mass is 32.2. The van der Waals surface area contributed by atoms with Gasteiger partial charge in [0.1, 0.15) is 11.5 Å². The van der Waals surface area contributed by atoms with Crippen LogP contribution < -0.4 is 10.5 Å². The third-order valence-corrected chi connectivity index (χ3v) is 6.60. The summed E-state index contributed by atoms with van der Waals surface area (Å²) in [5.74, 6) is -2.81. The Morgan fingerprint density at radius 1 is 1.13 bits per heavy atom. The SMILES string of the molecule is CCC(=O)c1n[nH]c2cc(-c3cc(F)c(O)cc3CC(F)(F)F)nc(NCc3ccccc3CS(N)(=O)=O)c12. The summed E-state index contributed by atoms with van der Waals surface area (Å²) < 4.78 is 77.5. The molecule has 0 fully saturated rings. The number of alkyl halides is 3. The number of nitrogens with one attached hydrogen (secondary N) is 2. The standard InChI is InChI=1S/C25H23F4N5O4S/c1-2-20(35)23-22-19(33-34-23)9-18(16-8-17(26)21(36)7-15(16)10-25(27,28)29)32-24(22)31-11-13-5-3-4-6-14(13)12-39(30,37)38/h3-9,36H,2,10-12H2,1H3,(H,31,32)(H,33,34)(H2,30,37,38). The zero-order valence-corrected chi connectivity index (χ0v) is 21.3. The summed E-state index contributed by atoms with van der Waals surface area (Å²) in [4.78, 5) is 17.0. The number of hydrogen-bond donors (Lipinski definition) is 4. The summed E-state index contributed by atoms with van der Waals surface area (Å²) in [5, 5.41) is 24.9. The molecule has 2 heterocycles. The molecule has 0 aliphatic carbocycles. The highest BCUT2D eigenvalue weighted by Crippen LogP contribution is 2.36. The van der Waals surface area contributed by atoms with Gasteiger partial charge in [-0.05, 0) is 34.9 Å². The summed E-state index contributed by atoms with van der Waals surface area (Å²) in [7, 11) is -3.85. The fraction of sp³-hybridized carbons (Fsp3) is 0.240. The first-order valence-electron chi connectivity index (χ1n) is 11.6. The Balaban J connectivity index is 1.86. The fourth-order valence-electron chi connectivity index (χ4n) is 4.15. The van der Waals surface area contributed by atoms with Crippen molar-refractivity contribution in [1.82, 2.24) is 15.2 Å². The topological polar surface area (TPSA) is 151 Å². The number of aromatic nitrogens is 3. The van der Waals surface area contributed by atoms with E-state index in [1.807, 2.05) is 0 Å². The summed E-state index contributed by atoms with van der Waals surface area (Å²) in [6.07, 6.45) is -6.01. The second-order valence-electron chi connectivity index (χ2n) is 8.81. The Morgan fingerprint density at radius 2 is 1.82 bits per heavy atom. The number of ketones is 1. The van der Waals surface area contributed by atoms with Crippen LogP contribution in [0.2, 0.25) is 0 Å². The van der Waals surface area contributed by atoms with E-state index in [-0.39, 0.29) is 52.4 Å². The number of nitrogens with two attached hydrogens (primary N) is 1. The number of phenols is 1. The molecule has 0 aliphatic heterocycles. The number of anilines is 1. The van der Waals surface area contributed by atoms with Crippen molar-refractivity contribution in [2.45, 2.75) is 38.2 Å². The zero-order chi connectivity index (χ0) is 28.5. The monoisotopic (exact) mass is 565 g/mol. The Kier molecular flexibility index (Phi) is 7.61. The molecule has 206 valence electrons. The van der Waals surface area contributed by atoms with Crippen LogP contribution in [0.1, 0.15) is 40.5 Å². The fourth-order valence-corrected chi connectivity index (χ4v) is 4.87. The molecule has 0 saturated heterocycles. The van der Waals surface area contributed by atoms with Gasteiger partial charge in [0.2, 0.25) is 10.0 Å². The van der Waals surface area contributed by atoms with Gasteiger partial charge in [-0.3, -0.25) is 9.89 Å². The maximum atomic E-state index is 14.3. The summed E-state index contributed by atoms with van der Waals surface area (Å²) in [6.45, 7) is 1.63. The Bertz CT molecular complexity index is 1670. The van der Waals surface area contributed by atoms with E-state index in [1.165, 1.54) is 6.07 Å². The number of nitrogens with zero attached hydrogens (tertiary/aromatic N) is 2. The number of rotatable bonds is 9. The van der Waals surface area contributed by atoms with Crippen LogP contribution in [-0.2, 0) is 28.7 Å². The predicted octanol–water partition coefficient (Wildman–Crippen LogP) is 4.57. The number of aromatic hydroxyl groups is 1. The number of primary sulfonamides is 1. The molecule has 0 unspecified atom stereocenters. The Morgan fingerprint density at radius 3 is 2.46 bits per heavy atom. The number of hydrogen-bond acceptors (Lipinski definition) is 7. The normalized spacial score (nSPS) is 12.2. The molecule has 0 spiro atoms. The smallest absolute Gasteiger partial charge is 0.393 e. The molecule has 2 aromatic heterocycles. The molecule has 39 heavy (non-hydrogen) atoms. The van der Waals surface area contributed by atoms with Crippen molar-refractivity contribution >= 4 is 32.5 Å². The summed E-state index contributed by atoms with van der Waals surface area (Å²) in [5.41, 5.74) is 0.502. The van der Waals surface area contributed by atoms with Gasteiger partial charge in [-0.25, -0.2) is 22.9 Å². The van der Waals surface area contributed by atoms with E-state index in [2.05, 4.69) is 20.5 Å². The van der Waals surface area contributed by atoms with Crippen molar-refractivity contribution in [1.29, 1.82) is 0 Å². The molecule has 9 nitrogen and oxygen atoms in total. The first-order valence-corrected chi connectivity index (χ1v) is 13.3. The predicted molar refractivity (Wildman–Crippen MR) is 136 cm³/mol. The largest absolute Gasteiger partial charge is 0.505 e. The maximum absolute atomic E-state index is 14.3. The van der Waals surface area contributed by atoms with Crippen LogP contribution in [0.4, 0.5) is 23.4 Å². The number of Topliss-reactive ketones (excluding diaryl/α,β-unsaturated/α-hetero) is 1. The molecule has 0 radical (unpaired) electrons. The third kappa shape index (κ3) is 6.52. The quantitative estimate of drug-likeness (QED) is 0.171. The van der Waals surface area contributed by atoms with E-state index in [0.717, 1.165) is 6.07 Å². The van der Waals surface area contributed by atoms with Gasteiger partial charge in [-0.1, -0.05) is 31.2 Å². The number of H-pyrrole nitrogens is 1. The summed E-state index contributed by atoms with van der Waals surface area (Å²) >= 11 is 0. The van der Waals surface area contributed by atoms with E-state index in [4.69, 9.17) is 5.14 Å². The number of benzene rings is 2. The molecule has 2 aromatic carbocycles. The number of aromatic amines is 1. The van der Waals surface area contributed by atoms with Gasteiger partial charge in [0.25, 0.3) is 0 Å². The van der Waals surface area contributed by atoms with E-state index in [0.29, 0.717) is 17.2 Å². The number of phenolic OH excluding ortho intramolecular Hbond substituents is 1. The molecule has 0 aliphatic rings. The second-order valence-corrected chi connectivity index (χ2v) is 10.4. The number of carbonyl (C=O) groups excluding carboxylic acids is 1. The first kappa shape index (κ1) is 28.0. The molecule has 0 atom stereocenters. The van der Waals surface area contributed by atoms with Crippen molar-refractivity contribution in [3.8, 4) is 17.0 Å². The van der Waals surface area contributed by atoms with Crippen LogP contribution in [0.25, 0.3) is 22.2 Å². The number of pyridine rings is 1. The van der Waals surface area contributed by atoms with Crippen LogP contribution in [0.5, 0.6) is 5.75 Å². The van der Waals surface area contributed by atoms with Gasteiger partial charge in [-0.2, -0.15) is 18.3 Å².